The van der Waals surface area contributed by atoms with E-state index in [9.17, 15) is 5.11 Å². The van der Waals surface area contributed by atoms with Crippen LogP contribution in [0.25, 0.3) is 0 Å². The molecule has 30 heavy (non-hydrogen) atoms. The van der Waals surface area contributed by atoms with Gasteiger partial charge in [0, 0.05) is 18.8 Å². The van der Waals surface area contributed by atoms with E-state index in [1.54, 1.807) is 0 Å². The molecular weight excluding hydrogens is 380 g/mol. The van der Waals surface area contributed by atoms with E-state index >= 15 is 0 Å². The van der Waals surface area contributed by atoms with Gasteiger partial charge in [0.1, 0.15) is 0 Å². The molecule has 0 aromatic carbocycles. The maximum atomic E-state index is 11.7. The molecule has 5 heteroatoms. The molecule has 0 aromatic rings. The smallest absolute Gasteiger partial charge is 0.172 e. The van der Waals surface area contributed by atoms with E-state index in [0.29, 0.717) is 50.1 Å². The SMILES string of the molecule is CC1(C2CCC3C4CC=C5CC6(CCC5(C)C4[C@@H](O)CC32C)OCCO6)OCCO1. The molecule has 0 radical (unpaired) electrons. The van der Waals surface area contributed by atoms with Crippen LogP contribution in [0, 0.1) is 34.5 Å². The van der Waals surface area contributed by atoms with Crippen molar-refractivity contribution in [1.29, 1.82) is 0 Å². The van der Waals surface area contributed by atoms with Gasteiger partial charge in [0.15, 0.2) is 11.6 Å². The molecule has 6 aliphatic rings. The molecular formula is C25H38O5. The Morgan fingerprint density at radius 1 is 0.933 bits per heavy atom. The van der Waals surface area contributed by atoms with Gasteiger partial charge in [-0.3, -0.25) is 0 Å². The molecule has 2 aliphatic heterocycles. The standard InChI is InChI=1S/C25H38O5/c1-22-8-9-25(29-12-13-30-25)14-16(22)4-5-17-18-6-7-20(24(3)27-10-11-28-24)23(18,2)15-19(26)21(17)22/h4,17-21,26H,5-15H2,1-3H3/t17?,18?,19-,20?,21?,22?,23?/m0/s1. The van der Waals surface area contributed by atoms with E-state index < -0.39 is 11.6 Å². The van der Waals surface area contributed by atoms with Crippen LogP contribution in [-0.4, -0.2) is 49.2 Å². The van der Waals surface area contributed by atoms with E-state index in [0.717, 1.165) is 38.5 Å². The summed E-state index contributed by atoms with van der Waals surface area (Å²) in [6.07, 6.45) is 9.43. The first-order valence-electron chi connectivity index (χ1n) is 12.2. The molecule has 5 fully saturated rings. The zero-order valence-corrected chi connectivity index (χ0v) is 18.8. The minimum atomic E-state index is -0.482. The van der Waals surface area contributed by atoms with Gasteiger partial charge in [-0.05, 0) is 67.6 Å². The van der Waals surface area contributed by atoms with Crippen molar-refractivity contribution in [3.8, 4) is 0 Å². The summed E-state index contributed by atoms with van der Waals surface area (Å²) in [5.41, 5.74) is 1.62. The second-order valence-corrected chi connectivity index (χ2v) is 11.6. The molecule has 2 saturated heterocycles. The molecule has 168 valence electrons. The lowest BCUT2D eigenvalue weighted by Crippen LogP contribution is -2.59. The van der Waals surface area contributed by atoms with Gasteiger partial charge < -0.3 is 24.1 Å². The Bertz CT molecular complexity index is 736. The monoisotopic (exact) mass is 418 g/mol. The predicted octanol–water partition coefficient (Wildman–Crippen LogP) is 4.04. The lowest BCUT2D eigenvalue weighted by atomic mass is 9.46. The molecule has 6 rings (SSSR count). The fourth-order valence-corrected chi connectivity index (χ4v) is 9.07. The fourth-order valence-electron chi connectivity index (χ4n) is 9.07. The van der Waals surface area contributed by atoms with Gasteiger partial charge in [-0.15, -0.1) is 0 Å². The molecule has 0 aromatic heterocycles. The van der Waals surface area contributed by atoms with Crippen molar-refractivity contribution in [2.75, 3.05) is 26.4 Å². The summed E-state index contributed by atoms with van der Waals surface area (Å²) >= 11 is 0. The van der Waals surface area contributed by atoms with E-state index in [2.05, 4.69) is 26.8 Å². The zero-order chi connectivity index (χ0) is 20.8. The Kier molecular flexibility index (Phi) is 4.40. The van der Waals surface area contributed by atoms with E-state index in [1.807, 2.05) is 0 Å². The lowest BCUT2D eigenvalue weighted by molar-refractivity contribution is -0.227. The molecule has 1 N–H and O–H groups in total. The first-order valence-corrected chi connectivity index (χ1v) is 12.2. The molecule has 4 aliphatic carbocycles. The second kappa shape index (κ2) is 6.54. The van der Waals surface area contributed by atoms with Crippen molar-refractivity contribution in [3.05, 3.63) is 11.6 Å². The van der Waals surface area contributed by atoms with Crippen LogP contribution in [0.3, 0.4) is 0 Å². The van der Waals surface area contributed by atoms with Crippen LogP contribution in [-0.2, 0) is 18.9 Å². The van der Waals surface area contributed by atoms with Crippen LogP contribution in [0.15, 0.2) is 11.6 Å². The third-order valence-corrected chi connectivity index (χ3v) is 10.3. The van der Waals surface area contributed by atoms with Crippen molar-refractivity contribution >= 4 is 0 Å². The summed E-state index contributed by atoms with van der Waals surface area (Å²) in [6, 6.07) is 0. The minimum Gasteiger partial charge on any atom is -0.393 e. The number of aliphatic hydroxyl groups is 1. The first-order chi connectivity index (χ1) is 14.3. The summed E-state index contributed by atoms with van der Waals surface area (Å²) in [7, 11) is 0. The molecule has 1 spiro atoms. The summed E-state index contributed by atoms with van der Waals surface area (Å²) in [5.74, 6) is 1.00. The van der Waals surface area contributed by atoms with E-state index in [1.165, 1.54) is 12.0 Å². The molecule has 3 saturated carbocycles. The Balaban J connectivity index is 1.32. The number of hydrogen-bond donors (Lipinski definition) is 1. The summed E-state index contributed by atoms with van der Waals surface area (Å²) in [4.78, 5) is 0. The van der Waals surface area contributed by atoms with Crippen LogP contribution in [0.4, 0.5) is 0 Å². The van der Waals surface area contributed by atoms with Gasteiger partial charge in [-0.2, -0.15) is 0 Å². The van der Waals surface area contributed by atoms with Gasteiger partial charge in [-0.25, -0.2) is 0 Å². The van der Waals surface area contributed by atoms with Crippen molar-refractivity contribution in [1.82, 2.24) is 0 Å². The van der Waals surface area contributed by atoms with E-state index in [4.69, 9.17) is 18.9 Å². The normalized spacial score (nSPS) is 51.3. The van der Waals surface area contributed by atoms with Gasteiger partial charge >= 0.3 is 0 Å². The third kappa shape index (κ3) is 2.59. The molecule has 0 amide bonds. The number of fused-ring (bicyclic) bond motifs is 5. The highest BCUT2D eigenvalue weighted by molar-refractivity contribution is 5.28. The maximum Gasteiger partial charge on any atom is 0.172 e. The minimum absolute atomic E-state index is 0.0621. The Morgan fingerprint density at radius 2 is 1.63 bits per heavy atom. The first kappa shape index (κ1) is 20.2. The van der Waals surface area contributed by atoms with Gasteiger partial charge in [-0.1, -0.05) is 25.5 Å². The van der Waals surface area contributed by atoms with Crippen molar-refractivity contribution in [2.45, 2.75) is 83.4 Å². The fraction of sp³-hybridized carbons (Fsp3) is 0.920. The van der Waals surface area contributed by atoms with Gasteiger partial charge in [0.05, 0.1) is 32.5 Å². The van der Waals surface area contributed by atoms with Crippen LogP contribution in [0.1, 0.15) is 65.7 Å². The molecule has 2 heterocycles. The highest BCUT2D eigenvalue weighted by Crippen LogP contribution is 2.68. The third-order valence-electron chi connectivity index (χ3n) is 10.3. The average molecular weight is 419 g/mol. The highest BCUT2D eigenvalue weighted by atomic mass is 16.7. The zero-order valence-electron chi connectivity index (χ0n) is 18.8. The van der Waals surface area contributed by atoms with Gasteiger partial charge in [0.25, 0.3) is 0 Å². The second-order valence-electron chi connectivity index (χ2n) is 11.6. The average Bonchev–Trinajstić information content (AvgIpc) is 3.41. The van der Waals surface area contributed by atoms with Crippen LogP contribution < -0.4 is 0 Å². The molecule has 7 atom stereocenters. The van der Waals surface area contributed by atoms with Crippen molar-refractivity contribution < 1.29 is 24.1 Å². The maximum absolute atomic E-state index is 11.7. The number of rotatable bonds is 1. The lowest BCUT2D eigenvalue weighted by Gasteiger charge is -2.61. The molecule has 5 nitrogen and oxygen atoms in total. The van der Waals surface area contributed by atoms with Crippen LogP contribution >= 0.6 is 0 Å². The largest absolute Gasteiger partial charge is 0.393 e. The number of aliphatic hydroxyl groups excluding tert-OH is 1. The highest BCUT2D eigenvalue weighted by Gasteiger charge is 2.65. The predicted molar refractivity (Wildman–Crippen MR) is 112 cm³/mol. The topological polar surface area (TPSA) is 57.2 Å². The van der Waals surface area contributed by atoms with Crippen LogP contribution in [0.2, 0.25) is 0 Å². The van der Waals surface area contributed by atoms with Crippen molar-refractivity contribution in [2.24, 2.45) is 34.5 Å². The van der Waals surface area contributed by atoms with Gasteiger partial charge in [0.2, 0.25) is 0 Å². The summed E-state index contributed by atoms with van der Waals surface area (Å²) in [5, 5.41) is 11.7. The Labute approximate surface area is 180 Å². The van der Waals surface area contributed by atoms with Crippen LogP contribution in [0.5, 0.6) is 0 Å². The molecule has 0 bridgehead atoms. The Morgan fingerprint density at radius 3 is 2.37 bits per heavy atom. The number of ether oxygens (including phenoxy) is 4. The van der Waals surface area contributed by atoms with E-state index in [-0.39, 0.29) is 16.9 Å². The quantitative estimate of drug-likeness (QED) is 0.651. The summed E-state index contributed by atoms with van der Waals surface area (Å²) < 4.78 is 24.4. The van der Waals surface area contributed by atoms with Crippen molar-refractivity contribution in [3.63, 3.8) is 0 Å². The Hall–Kier alpha value is -0.460. The molecule has 6 unspecified atom stereocenters. The number of hydrogen-bond acceptors (Lipinski definition) is 5. The number of allylic oxidation sites excluding steroid dienone is 1. The summed E-state index contributed by atoms with van der Waals surface area (Å²) in [6.45, 7) is 9.78.